The minimum atomic E-state index is -4.38. The van der Waals surface area contributed by atoms with Crippen LogP contribution < -0.4 is 0 Å². The van der Waals surface area contributed by atoms with Crippen molar-refractivity contribution in [2.24, 2.45) is 0 Å². The standard InChI is InChI=1S/C25H19F3N4OS/c1-16-21(30-23(33-16)18-8-3-2-4-9-18)14-32-22-20(11-6-12-29-22)31-24(32)34-15-17-7-5-10-19(13-17)25(26,27)28/h2-13H,14-15H2,1H3. The number of thioether (sulfide) groups is 1. The van der Waals surface area contributed by atoms with E-state index in [-0.39, 0.29) is 0 Å². The van der Waals surface area contributed by atoms with E-state index in [1.807, 2.05) is 47.9 Å². The summed E-state index contributed by atoms with van der Waals surface area (Å²) < 4.78 is 47.1. The molecule has 0 unspecified atom stereocenters. The maximum atomic E-state index is 13.1. The quantitative estimate of drug-likeness (QED) is 0.252. The van der Waals surface area contributed by atoms with Gasteiger partial charge in [-0.1, -0.05) is 48.2 Å². The van der Waals surface area contributed by atoms with Crippen molar-refractivity contribution < 1.29 is 17.6 Å². The summed E-state index contributed by atoms with van der Waals surface area (Å²) >= 11 is 1.36. The number of aryl methyl sites for hydroxylation is 1. The first kappa shape index (κ1) is 22.2. The Hall–Kier alpha value is -3.59. The van der Waals surface area contributed by atoms with Crippen molar-refractivity contribution >= 4 is 22.9 Å². The smallest absolute Gasteiger partial charge is 0.416 e. The molecule has 0 aliphatic carbocycles. The normalized spacial score (nSPS) is 11.9. The third-order valence-electron chi connectivity index (χ3n) is 5.31. The van der Waals surface area contributed by atoms with Crippen LogP contribution in [0.1, 0.15) is 22.6 Å². The van der Waals surface area contributed by atoms with E-state index < -0.39 is 11.7 Å². The highest BCUT2D eigenvalue weighted by Crippen LogP contribution is 2.32. The lowest BCUT2D eigenvalue weighted by molar-refractivity contribution is -0.137. The number of fused-ring (bicyclic) bond motifs is 1. The van der Waals surface area contributed by atoms with Crippen LogP contribution in [0.4, 0.5) is 13.2 Å². The Kier molecular flexibility index (Phi) is 5.87. The van der Waals surface area contributed by atoms with Crippen LogP contribution in [0.2, 0.25) is 0 Å². The van der Waals surface area contributed by atoms with E-state index >= 15 is 0 Å². The number of oxazole rings is 1. The van der Waals surface area contributed by atoms with Crippen LogP contribution in [0.15, 0.2) is 82.5 Å². The molecule has 0 saturated heterocycles. The zero-order valence-electron chi connectivity index (χ0n) is 18.1. The fourth-order valence-electron chi connectivity index (χ4n) is 3.60. The van der Waals surface area contributed by atoms with Gasteiger partial charge in [-0.25, -0.2) is 15.0 Å². The first-order chi connectivity index (χ1) is 16.4. The number of pyridine rings is 1. The molecule has 0 bridgehead atoms. The van der Waals surface area contributed by atoms with E-state index in [0.29, 0.717) is 45.8 Å². The van der Waals surface area contributed by atoms with Crippen LogP contribution in [0.25, 0.3) is 22.6 Å². The lowest BCUT2D eigenvalue weighted by atomic mass is 10.1. The van der Waals surface area contributed by atoms with Gasteiger partial charge in [-0.05, 0) is 42.8 Å². The van der Waals surface area contributed by atoms with Crippen molar-refractivity contribution in [2.75, 3.05) is 0 Å². The van der Waals surface area contributed by atoms with Gasteiger partial charge in [0.25, 0.3) is 0 Å². The molecule has 0 saturated carbocycles. The molecule has 5 rings (SSSR count). The van der Waals surface area contributed by atoms with Crippen LogP contribution >= 0.6 is 11.8 Å². The summed E-state index contributed by atoms with van der Waals surface area (Å²) in [4.78, 5) is 13.8. The van der Waals surface area contributed by atoms with Gasteiger partial charge < -0.3 is 4.42 Å². The van der Waals surface area contributed by atoms with Gasteiger partial charge in [0.05, 0.1) is 12.1 Å². The van der Waals surface area contributed by atoms with Gasteiger partial charge in [-0.15, -0.1) is 0 Å². The number of rotatable bonds is 6. The fraction of sp³-hybridized carbons (Fsp3) is 0.160. The lowest BCUT2D eigenvalue weighted by Gasteiger charge is -2.09. The molecule has 172 valence electrons. The number of hydrogen-bond acceptors (Lipinski definition) is 5. The topological polar surface area (TPSA) is 56.7 Å². The first-order valence-corrected chi connectivity index (χ1v) is 11.5. The Morgan fingerprint density at radius 1 is 0.971 bits per heavy atom. The van der Waals surface area contributed by atoms with Crippen molar-refractivity contribution in [1.82, 2.24) is 19.5 Å². The van der Waals surface area contributed by atoms with Crippen LogP contribution in [0, 0.1) is 6.92 Å². The molecule has 3 heterocycles. The molecule has 0 radical (unpaired) electrons. The second-order valence-corrected chi connectivity index (χ2v) is 8.64. The zero-order valence-corrected chi connectivity index (χ0v) is 18.9. The summed E-state index contributed by atoms with van der Waals surface area (Å²) in [6.45, 7) is 2.23. The molecule has 0 atom stereocenters. The Bertz CT molecular complexity index is 1440. The second-order valence-electron chi connectivity index (χ2n) is 7.70. The van der Waals surface area contributed by atoms with Gasteiger partial charge in [-0.2, -0.15) is 13.2 Å². The van der Waals surface area contributed by atoms with E-state index in [2.05, 4.69) is 15.0 Å². The van der Waals surface area contributed by atoms with E-state index in [0.717, 1.165) is 17.3 Å². The summed E-state index contributed by atoms with van der Waals surface area (Å²) in [7, 11) is 0. The maximum Gasteiger partial charge on any atom is 0.416 e. The molecule has 0 aliphatic rings. The van der Waals surface area contributed by atoms with Gasteiger partial charge in [0, 0.05) is 17.5 Å². The minimum Gasteiger partial charge on any atom is -0.441 e. The van der Waals surface area contributed by atoms with Crippen LogP contribution in [-0.4, -0.2) is 19.5 Å². The summed E-state index contributed by atoms with van der Waals surface area (Å²) in [5.74, 6) is 1.55. The fourth-order valence-corrected chi connectivity index (χ4v) is 4.55. The van der Waals surface area contributed by atoms with Crippen molar-refractivity contribution in [2.45, 2.75) is 30.6 Å². The van der Waals surface area contributed by atoms with E-state index in [4.69, 9.17) is 4.42 Å². The van der Waals surface area contributed by atoms with E-state index in [1.54, 1.807) is 18.3 Å². The lowest BCUT2D eigenvalue weighted by Crippen LogP contribution is -2.05. The molecule has 5 nitrogen and oxygen atoms in total. The number of halogens is 3. The number of aromatic nitrogens is 4. The van der Waals surface area contributed by atoms with Crippen molar-refractivity contribution in [3.63, 3.8) is 0 Å². The zero-order chi connectivity index (χ0) is 23.7. The van der Waals surface area contributed by atoms with E-state index in [1.165, 1.54) is 23.9 Å². The Morgan fingerprint density at radius 2 is 1.79 bits per heavy atom. The molecule has 0 amide bonds. The summed E-state index contributed by atoms with van der Waals surface area (Å²) in [5, 5.41) is 0.648. The predicted molar refractivity (Wildman–Crippen MR) is 124 cm³/mol. The van der Waals surface area contributed by atoms with Crippen molar-refractivity contribution in [3.8, 4) is 11.5 Å². The molecular weight excluding hydrogens is 461 g/mol. The highest BCUT2D eigenvalue weighted by molar-refractivity contribution is 7.98. The Labute approximate surface area is 197 Å². The molecule has 0 spiro atoms. The molecule has 0 N–H and O–H groups in total. The van der Waals surface area contributed by atoms with Gasteiger partial charge >= 0.3 is 6.18 Å². The van der Waals surface area contributed by atoms with Gasteiger partial charge in [0.1, 0.15) is 17.0 Å². The number of nitrogens with zero attached hydrogens (tertiary/aromatic N) is 4. The Morgan fingerprint density at radius 3 is 2.59 bits per heavy atom. The third kappa shape index (κ3) is 4.56. The van der Waals surface area contributed by atoms with Crippen LogP contribution in [0.5, 0.6) is 0 Å². The first-order valence-electron chi connectivity index (χ1n) is 10.5. The van der Waals surface area contributed by atoms with Crippen molar-refractivity contribution in [3.05, 3.63) is 95.5 Å². The third-order valence-corrected chi connectivity index (χ3v) is 6.36. The monoisotopic (exact) mass is 480 g/mol. The molecule has 0 aliphatic heterocycles. The van der Waals surface area contributed by atoms with Crippen LogP contribution in [0.3, 0.4) is 0 Å². The Balaban J connectivity index is 1.45. The number of hydrogen-bond donors (Lipinski definition) is 0. The molecule has 2 aromatic carbocycles. The van der Waals surface area contributed by atoms with Gasteiger partial charge in [0.2, 0.25) is 5.89 Å². The molecule has 3 aromatic heterocycles. The average molecular weight is 481 g/mol. The van der Waals surface area contributed by atoms with Crippen LogP contribution in [-0.2, 0) is 18.5 Å². The number of benzene rings is 2. The second kappa shape index (κ2) is 8.98. The minimum absolute atomic E-state index is 0.334. The summed E-state index contributed by atoms with van der Waals surface area (Å²) in [6.07, 6.45) is -2.69. The molecule has 5 aromatic rings. The van der Waals surface area contributed by atoms with E-state index in [9.17, 15) is 13.2 Å². The molecule has 34 heavy (non-hydrogen) atoms. The molecule has 9 heteroatoms. The highest BCUT2D eigenvalue weighted by atomic mass is 32.2. The number of alkyl halides is 3. The summed E-state index contributed by atoms with van der Waals surface area (Å²) in [6, 6.07) is 18.6. The highest BCUT2D eigenvalue weighted by Gasteiger charge is 2.30. The summed E-state index contributed by atoms with van der Waals surface area (Å²) in [5.41, 5.74) is 2.91. The number of imidazole rings is 1. The molecule has 0 fully saturated rings. The maximum absolute atomic E-state index is 13.1. The van der Waals surface area contributed by atoms with Gasteiger partial charge in [-0.3, -0.25) is 4.57 Å². The average Bonchev–Trinajstić information content (AvgIpc) is 3.38. The van der Waals surface area contributed by atoms with Crippen molar-refractivity contribution in [1.29, 1.82) is 0 Å². The SMILES string of the molecule is Cc1oc(-c2ccccc2)nc1Cn1c(SCc2cccc(C(F)(F)F)c2)nc2cccnc21. The van der Waals surface area contributed by atoms with Gasteiger partial charge in [0.15, 0.2) is 10.8 Å². The predicted octanol–water partition coefficient (Wildman–Crippen LogP) is 6.75. The largest absolute Gasteiger partial charge is 0.441 e. The molecular formula is C25H19F3N4OS.